The highest BCUT2D eigenvalue weighted by molar-refractivity contribution is 5.00. The molecule has 0 heterocycles. The molecule has 0 atom stereocenters. The summed E-state index contributed by atoms with van der Waals surface area (Å²) in [6.45, 7) is 9.53. The summed E-state index contributed by atoms with van der Waals surface area (Å²) in [4.78, 5) is 0. The lowest BCUT2D eigenvalue weighted by molar-refractivity contribution is 0.108. The van der Waals surface area contributed by atoms with Gasteiger partial charge in [-0.05, 0) is 38.0 Å². The number of hydrogen-bond acceptors (Lipinski definition) is 2. The van der Waals surface area contributed by atoms with Crippen molar-refractivity contribution in [3.63, 3.8) is 0 Å². The van der Waals surface area contributed by atoms with Crippen molar-refractivity contribution in [3.05, 3.63) is 12.2 Å². The van der Waals surface area contributed by atoms with Crippen LogP contribution < -0.4 is 5.32 Å². The Bertz CT molecular complexity index is 205. The van der Waals surface area contributed by atoms with Crippen LogP contribution in [-0.4, -0.2) is 23.8 Å². The van der Waals surface area contributed by atoms with Gasteiger partial charge in [0, 0.05) is 12.1 Å². The molecule has 0 unspecified atom stereocenters. The Labute approximate surface area is 93.8 Å². The Morgan fingerprint density at radius 1 is 1.47 bits per heavy atom. The Morgan fingerprint density at radius 3 is 2.53 bits per heavy atom. The van der Waals surface area contributed by atoms with Crippen molar-refractivity contribution in [1.82, 2.24) is 5.32 Å². The van der Waals surface area contributed by atoms with E-state index in [-0.39, 0.29) is 12.1 Å². The fourth-order valence-corrected chi connectivity index (χ4v) is 2.14. The molecule has 1 rings (SSSR count). The molecule has 0 radical (unpaired) electrons. The first-order chi connectivity index (χ1) is 7.12. The standard InChI is InChI=1S/C13H25NO/c1-4-11(2)9-14-13(10-15)7-5-12(3)6-8-13/h12,14-15H,2,4-10H2,1,3H3. The van der Waals surface area contributed by atoms with Gasteiger partial charge in [-0.2, -0.15) is 0 Å². The largest absolute Gasteiger partial charge is 0.394 e. The minimum absolute atomic E-state index is 0.0232. The third-order valence-corrected chi connectivity index (χ3v) is 3.75. The molecule has 2 N–H and O–H groups in total. The SMILES string of the molecule is C=C(CC)CNC1(CO)CCC(C)CC1. The van der Waals surface area contributed by atoms with Crippen molar-refractivity contribution in [2.24, 2.45) is 5.92 Å². The van der Waals surface area contributed by atoms with Crippen molar-refractivity contribution in [2.45, 2.75) is 51.5 Å². The molecule has 0 spiro atoms. The Kier molecular flexibility index (Phi) is 4.81. The molecule has 2 heteroatoms. The average molecular weight is 211 g/mol. The minimum Gasteiger partial charge on any atom is -0.394 e. The third kappa shape index (κ3) is 3.62. The van der Waals surface area contributed by atoms with E-state index in [0.29, 0.717) is 0 Å². The van der Waals surface area contributed by atoms with E-state index < -0.39 is 0 Å². The van der Waals surface area contributed by atoms with Crippen LogP contribution in [0.15, 0.2) is 12.2 Å². The van der Waals surface area contributed by atoms with Gasteiger partial charge in [-0.1, -0.05) is 26.0 Å². The highest BCUT2D eigenvalue weighted by Crippen LogP contribution is 2.31. The van der Waals surface area contributed by atoms with E-state index in [4.69, 9.17) is 0 Å². The number of hydrogen-bond donors (Lipinski definition) is 2. The summed E-state index contributed by atoms with van der Waals surface area (Å²) in [5.41, 5.74) is 1.20. The van der Waals surface area contributed by atoms with Crippen LogP contribution in [0.2, 0.25) is 0 Å². The fraction of sp³-hybridized carbons (Fsp3) is 0.846. The van der Waals surface area contributed by atoms with Gasteiger partial charge in [0.05, 0.1) is 6.61 Å². The Morgan fingerprint density at radius 2 is 2.07 bits per heavy atom. The summed E-state index contributed by atoms with van der Waals surface area (Å²) >= 11 is 0. The molecular weight excluding hydrogens is 186 g/mol. The quantitative estimate of drug-likeness (QED) is 0.685. The van der Waals surface area contributed by atoms with Gasteiger partial charge in [0.25, 0.3) is 0 Å². The number of rotatable bonds is 5. The molecule has 88 valence electrons. The zero-order chi connectivity index (χ0) is 11.3. The molecule has 1 saturated carbocycles. The van der Waals surface area contributed by atoms with Crippen molar-refractivity contribution >= 4 is 0 Å². The Balaban J connectivity index is 2.43. The minimum atomic E-state index is -0.0232. The number of nitrogens with one attached hydrogen (secondary N) is 1. The summed E-state index contributed by atoms with van der Waals surface area (Å²) in [6.07, 6.45) is 5.67. The van der Waals surface area contributed by atoms with Gasteiger partial charge >= 0.3 is 0 Å². The van der Waals surface area contributed by atoms with E-state index in [9.17, 15) is 5.11 Å². The maximum atomic E-state index is 9.52. The topological polar surface area (TPSA) is 32.3 Å². The van der Waals surface area contributed by atoms with Gasteiger partial charge in [-0.25, -0.2) is 0 Å². The Hall–Kier alpha value is -0.340. The lowest BCUT2D eigenvalue weighted by atomic mass is 9.77. The van der Waals surface area contributed by atoms with Crippen molar-refractivity contribution in [3.8, 4) is 0 Å². The molecule has 15 heavy (non-hydrogen) atoms. The summed E-state index contributed by atoms with van der Waals surface area (Å²) in [7, 11) is 0. The van der Waals surface area contributed by atoms with Gasteiger partial charge in [0.2, 0.25) is 0 Å². The molecule has 0 aromatic carbocycles. The number of aliphatic hydroxyl groups excluding tert-OH is 1. The predicted molar refractivity (Wildman–Crippen MR) is 64.9 cm³/mol. The second kappa shape index (κ2) is 5.66. The van der Waals surface area contributed by atoms with Crippen molar-refractivity contribution in [2.75, 3.05) is 13.2 Å². The van der Waals surface area contributed by atoms with E-state index in [2.05, 4.69) is 25.7 Å². The van der Waals surface area contributed by atoms with Gasteiger partial charge in [0.15, 0.2) is 0 Å². The molecule has 1 aliphatic rings. The van der Waals surface area contributed by atoms with Crippen LogP contribution in [-0.2, 0) is 0 Å². The van der Waals surface area contributed by atoms with Gasteiger partial charge < -0.3 is 10.4 Å². The first kappa shape index (κ1) is 12.7. The van der Waals surface area contributed by atoms with Crippen LogP contribution in [0.3, 0.4) is 0 Å². The second-order valence-corrected chi connectivity index (χ2v) is 5.08. The van der Waals surface area contributed by atoms with E-state index in [1.54, 1.807) is 0 Å². The maximum absolute atomic E-state index is 9.52. The van der Waals surface area contributed by atoms with E-state index in [1.807, 2.05) is 0 Å². The molecular formula is C13H25NO. The second-order valence-electron chi connectivity index (χ2n) is 5.08. The lowest BCUT2D eigenvalue weighted by Gasteiger charge is -2.39. The molecule has 0 aromatic rings. The zero-order valence-electron chi connectivity index (χ0n) is 10.2. The lowest BCUT2D eigenvalue weighted by Crippen LogP contribution is -2.51. The maximum Gasteiger partial charge on any atom is 0.0613 e. The third-order valence-electron chi connectivity index (χ3n) is 3.75. The zero-order valence-corrected chi connectivity index (χ0v) is 10.2. The summed E-state index contributed by atoms with van der Waals surface area (Å²) < 4.78 is 0. The summed E-state index contributed by atoms with van der Waals surface area (Å²) in [5, 5.41) is 13.0. The average Bonchev–Trinajstić information content (AvgIpc) is 2.28. The molecule has 0 bridgehead atoms. The van der Waals surface area contributed by atoms with Gasteiger partial charge in [-0.15, -0.1) is 0 Å². The van der Waals surface area contributed by atoms with Crippen molar-refractivity contribution in [1.29, 1.82) is 0 Å². The number of aliphatic hydroxyl groups is 1. The first-order valence-electron chi connectivity index (χ1n) is 6.14. The summed E-state index contributed by atoms with van der Waals surface area (Å²) in [6, 6.07) is 0. The van der Waals surface area contributed by atoms with Gasteiger partial charge in [0.1, 0.15) is 0 Å². The fourth-order valence-electron chi connectivity index (χ4n) is 2.14. The smallest absolute Gasteiger partial charge is 0.0613 e. The monoisotopic (exact) mass is 211 g/mol. The van der Waals surface area contributed by atoms with E-state index in [1.165, 1.54) is 18.4 Å². The molecule has 0 amide bonds. The molecule has 2 nitrogen and oxygen atoms in total. The van der Waals surface area contributed by atoms with Gasteiger partial charge in [-0.3, -0.25) is 0 Å². The molecule has 0 saturated heterocycles. The van der Waals surface area contributed by atoms with Crippen LogP contribution in [0.1, 0.15) is 46.0 Å². The van der Waals surface area contributed by atoms with Crippen LogP contribution in [0, 0.1) is 5.92 Å². The first-order valence-corrected chi connectivity index (χ1v) is 6.14. The van der Waals surface area contributed by atoms with Crippen molar-refractivity contribution < 1.29 is 5.11 Å². The molecule has 1 aliphatic carbocycles. The molecule has 0 aliphatic heterocycles. The highest BCUT2D eigenvalue weighted by Gasteiger charge is 2.32. The predicted octanol–water partition coefficient (Wildman–Crippen LogP) is 2.48. The van der Waals surface area contributed by atoms with Crippen LogP contribution in [0.25, 0.3) is 0 Å². The van der Waals surface area contributed by atoms with Crippen LogP contribution in [0.4, 0.5) is 0 Å². The highest BCUT2D eigenvalue weighted by atomic mass is 16.3. The van der Waals surface area contributed by atoms with Crippen LogP contribution in [0.5, 0.6) is 0 Å². The molecule has 0 aromatic heterocycles. The van der Waals surface area contributed by atoms with Crippen LogP contribution >= 0.6 is 0 Å². The molecule has 1 fully saturated rings. The normalized spacial score (nSPS) is 31.5. The van der Waals surface area contributed by atoms with E-state index >= 15 is 0 Å². The summed E-state index contributed by atoms with van der Waals surface area (Å²) in [5.74, 6) is 0.820. The van der Waals surface area contributed by atoms with E-state index in [0.717, 1.165) is 31.7 Å².